The Kier molecular flexibility index (Phi) is 7.47. The number of halogens is 1. The largest absolute Gasteiger partial charge is 0.356 e. The van der Waals surface area contributed by atoms with Gasteiger partial charge in [0.25, 0.3) is 0 Å². The Bertz CT molecular complexity index is 648. The number of benzene rings is 1. The Morgan fingerprint density at radius 2 is 2.00 bits per heavy atom. The minimum atomic E-state index is -0.225. The first-order chi connectivity index (χ1) is 12.3. The van der Waals surface area contributed by atoms with Gasteiger partial charge < -0.3 is 10.6 Å². The van der Waals surface area contributed by atoms with Crippen molar-refractivity contribution in [1.82, 2.24) is 10.2 Å². The van der Waals surface area contributed by atoms with Gasteiger partial charge in [0, 0.05) is 29.7 Å². The molecule has 1 heterocycles. The van der Waals surface area contributed by atoms with E-state index >= 15 is 0 Å². The molecule has 0 radical (unpaired) electrons. The quantitative estimate of drug-likeness (QED) is 0.795. The summed E-state index contributed by atoms with van der Waals surface area (Å²) in [5, 5.41) is 6.62. The van der Waals surface area contributed by atoms with Crippen molar-refractivity contribution < 1.29 is 9.59 Å². The van der Waals surface area contributed by atoms with E-state index < -0.39 is 0 Å². The maximum atomic E-state index is 12.7. The van der Waals surface area contributed by atoms with E-state index in [0.717, 1.165) is 37.2 Å². The highest BCUT2D eigenvalue weighted by Gasteiger charge is 2.28. The summed E-state index contributed by atoms with van der Waals surface area (Å²) >= 11 is 6.03. The fourth-order valence-electron chi connectivity index (χ4n) is 3.20. The molecule has 2 N–H and O–H groups in total. The third-order valence-corrected chi connectivity index (χ3v) is 5.26. The summed E-state index contributed by atoms with van der Waals surface area (Å²) < 4.78 is 0. The fraction of sp³-hybridized carbons (Fsp3) is 0.600. The van der Waals surface area contributed by atoms with Crippen LogP contribution in [0, 0.1) is 18.8 Å². The van der Waals surface area contributed by atoms with Crippen molar-refractivity contribution in [3.8, 4) is 0 Å². The number of carbonyl (C=O) groups is 2. The van der Waals surface area contributed by atoms with E-state index in [-0.39, 0.29) is 23.8 Å². The smallest absolute Gasteiger partial charge is 0.241 e. The maximum Gasteiger partial charge on any atom is 0.241 e. The number of carbonyl (C=O) groups excluding carboxylic acids is 2. The Hall–Kier alpha value is -1.59. The molecule has 0 aromatic heterocycles. The minimum absolute atomic E-state index is 0.000307. The molecule has 0 aliphatic carbocycles. The molecule has 1 fully saturated rings. The van der Waals surface area contributed by atoms with E-state index in [0.29, 0.717) is 17.5 Å². The second-order valence-electron chi connectivity index (χ2n) is 7.53. The molecule has 2 atom stereocenters. The van der Waals surface area contributed by atoms with Crippen molar-refractivity contribution in [1.29, 1.82) is 0 Å². The van der Waals surface area contributed by atoms with Crippen LogP contribution in [0.3, 0.4) is 0 Å². The van der Waals surface area contributed by atoms with E-state index in [1.807, 2.05) is 39.8 Å². The summed E-state index contributed by atoms with van der Waals surface area (Å²) in [6.07, 6.45) is 2.12. The van der Waals surface area contributed by atoms with Crippen molar-refractivity contribution in [3.63, 3.8) is 0 Å². The summed E-state index contributed by atoms with van der Waals surface area (Å²) in [4.78, 5) is 26.6. The van der Waals surface area contributed by atoms with Crippen LogP contribution in [0.2, 0.25) is 5.02 Å². The number of anilines is 1. The number of likely N-dealkylation sites (tertiary alicyclic amines) is 1. The van der Waals surface area contributed by atoms with Gasteiger partial charge in [-0.3, -0.25) is 14.5 Å². The van der Waals surface area contributed by atoms with Crippen LogP contribution in [-0.4, -0.2) is 42.4 Å². The lowest BCUT2D eigenvalue weighted by atomic mass is 9.96. The summed E-state index contributed by atoms with van der Waals surface area (Å²) in [7, 11) is 0. The third-order valence-electron chi connectivity index (χ3n) is 5.02. The summed E-state index contributed by atoms with van der Waals surface area (Å²) in [6.45, 7) is 10.1. The molecule has 1 aromatic rings. The van der Waals surface area contributed by atoms with E-state index in [2.05, 4.69) is 15.5 Å². The van der Waals surface area contributed by atoms with Crippen LogP contribution < -0.4 is 10.6 Å². The van der Waals surface area contributed by atoms with Gasteiger partial charge in [-0.25, -0.2) is 0 Å². The summed E-state index contributed by atoms with van der Waals surface area (Å²) in [5.74, 6) is 0.446. The number of rotatable bonds is 6. The number of aryl methyl sites for hydroxylation is 1. The van der Waals surface area contributed by atoms with Crippen molar-refractivity contribution >= 4 is 29.1 Å². The number of piperidine rings is 1. The van der Waals surface area contributed by atoms with Gasteiger partial charge in [-0.1, -0.05) is 31.5 Å². The van der Waals surface area contributed by atoms with Crippen molar-refractivity contribution in [2.75, 3.05) is 25.0 Å². The normalized spacial score (nSPS) is 19.2. The Labute approximate surface area is 161 Å². The minimum Gasteiger partial charge on any atom is -0.356 e. The first-order valence-electron chi connectivity index (χ1n) is 9.36. The monoisotopic (exact) mass is 379 g/mol. The highest BCUT2D eigenvalue weighted by Crippen LogP contribution is 2.22. The zero-order chi connectivity index (χ0) is 19.3. The lowest BCUT2D eigenvalue weighted by Gasteiger charge is -2.36. The molecule has 2 amide bonds. The lowest BCUT2D eigenvalue weighted by molar-refractivity contribution is -0.125. The van der Waals surface area contributed by atoms with Crippen molar-refractivity contribution in [2.24, 2.45) is 11.8 Å². The van der Waals surface area contributed by atoms with Crippen LogP contribution in [0.4, 0.5) is 5.69 Å². The van der Waals surface area contributed by atoms with E-state index in [4.69, 9.17) is 11.6 Å². The summed E-state index contributed by atoms with van der Waals surface area (Å²) in [6, 6.07) is 5.27. The standard InChI is InChI=1S/C20H30ClN3O2/c1-13(2)19(25)22-11-16-6-5-9-24(12-16)15(4)20(26)23-18-10-17(21)8-7-14(18)3/h7-8,10,13,15-16H,5-6,9,11-12H2,1-4H3,(H,22,25)(H,23,26)/t15-,16+/m0/s1. The number of amides is 2. The van der Waals surface area contributed by atoms with Crippen LogP contribution in [0.5, 0.6) is 0 Å². The molecule has 0 saturated carbocycles. The zero-order valence-electron chi connectivity index (χ0n) is 16.1. The second-order valence-corrected chi connectivity index (χ2v) is 7.96. The average molecular weight is 380 g/mol. The molecule has 0 unspecified atom stereocenters. The van der Waals surface area contributed by atoms with Crippen LogP contribution in [-0.2, 0) is 9.59 Å². The molecule has 1 aliphatic heterocycles. The molecule has 1 aromatic carbocycles. The van der Waals surface area contributed by atoms with Gasteiger partial charge in [0.05, 0.1) is 6.04 Å². The average Bonchev–Trinajstić information content (AvgIpc) is 2.62. The maximum absolute atomic E-state index is 12.7. The van der Waals surface area contributed by atoms with Crippen LogP contribution >= 0.6 is 11.6 Å². The van der Waals surface area contributed by atoms with Crippen LogP contribution in [0.25, 0.3) is 0 Å². The number of nitrogens with zero attached hydrogens (tertiary/aromatic N) is 1. The van der Waals surface area contributed by atoms with Gasteiger partial charge in [0.15, 0.2) is 0 Å². The van der Waals surface area contributed by atoms with Gasteiger partial charge in [0.1, 0.15) is 0 Å². The number of nitrogens with one attached hydrogen (secondary N) is 2. The topological polar surface area (TPSA) is 61.4 Å². The molecular weight excluding hydrogens is 350 g/mol. The van der Waals surface area contributed by atoms with Gasteiger partial charge >= 0.3 is 0 Å². The molecule has 26 heavy (non-hydrogen) atoms. The Balaban J connectivity index is 1.91. The van der Waals surface area contributed by atoms with Gasteiger partial charge in [0.2, 0.25) is 11.8 Å². The van der Waals surface area contributed by atoms with Crippen LogP contribution in [0.15, 0.2) is 18.2 Å². The first kappa shape index (κ1) is 20.7. The van der Waals surface area contributed by atoms with Gasteiger partial charge in [-0.15, -0.1) is 0 Å². The van der Waals surface area contributed by atoms with Gasteiger partial charge in [-0.2, -0.15) is 0 Å². The molecule has 0 spiro atoms. The molecular formula is C20H30ClN3O2. The van der Waals surface area contributed by atoms with E-state index in [1.54, 1.807) is 6.07 Å². The Morgan fingerprint density at radius 1 is 1.27 bits per heavy atom. The Morgan fingerprint density at radius 3 is 2.69 bits per heavy atom. The van der Waals surface area contributed by atoms with Crippen molar-refractivity contribution in [3.05, 3.63) is 28.8 Å². The predicted molar refractivity (Wildman–Crippen MR) is 106 cm³/mol. The lowest BCUT2D eigenvalue weighted by Crippen LogP contribution is -2.49. The molecule has 1 saturated heterocycles. The highest BCUT2D eigenvalue weighted by molar-refractivity contribution is 6.31. The van der Waals surface area contributed by atoms with Crippen LogP contribution in [0.1, 0.15) is 39.2 Å². The number of hydrogen-bond donors (Lipinski definition) is 2. The van der Waals surface area contributed by atoms with E-state index in [9.17, 15) is 9.59 Å². The molecule has 5 nitrogen and oxygen atoms in total. The molecule has 2 rings (SSSR count). The molecule has 6 heteroatoms. The second kappa shape index (κ2) is 9.38. The predicted octanol–water partition coefficient (Wildman–Crippen LogP) is 3.46. The third kappa shape index (κ3) is 5.71. The van der Waals surface area contributed by atoms with E-state index in [1.165, 1.54) is 0 Å². The fourth-order valence-corrected chi connectivity index (χ4v) is 3.37. The number of hydrogen-bond acceptors (Lipinski definition) is 3. The van der Waals surface area contributed by atoms with Crippen molar-refractivity contribution in [2.45, 2.75) is 46.6 Å². The molecule has 1 aliphatic rings. The van der Waals surface area contributed by atoms with Gasteiger partial charge in [-0.05, 0) is 56.8 Å². The zero-order valence-corrected chi connectivity index (χ0v) is 16.9. The highest BCUT2D eigenvalue weighted by atomic mass is 35.5. The first-order valence-corrected chi connectivity index (χ1v) is 9.74. The molecule has 144 valence electrons. The SMILES string of the molecule is Cc1ccc(Cl)cc1NC(=O)[C@H](C)N1CCC[C@H](CNC(=O)C(C)C)C1. The molecule has 0 bridgehead atoms. The summed E-state index contributed by atoms with van der Waals surface area (Å²) in [5.41, 5.74) is 1.75.